The molecule has 28 heteroatoms. The Labute approximate surface area is 799 Å². The molecule has 1 amide bonds. The third-order valence-corrected chi connectivity index (χ3v) is 28.3. The molecule has 0 spiro atoms. The van der Waals surface area contributed by atoms with Crippen LogP contribution in [0.3, 0.4) is 0 Å². The standard InChI is InChI=1S/C30H35ClF2N2O4.C26H24ClF2NO2.C25H23ClF2N2O2.C24H22Cl2N2OS/c1-7-30(37,21-16-35(17-21)27(36)39-28(2,3)4)20-12-13-24-22(15-20)25(31)23(26(34-24)38-6)14-18-8-10-19(11-9-18)29(5,32)33;1-4-26(31,18-6-5-7-18)19-12-13-22-20(15-19)23(27)21(24(30-22)32-3)14-16-8-10-17(11-9-16)25(2,28)29;1-4-25(31,18-13-29-14-18)17-9-10-21-19(12-17)22(26)20(23(30-21)32-3)11-15-5-7-16(8-6-15)24(2,27)28;1-13(2)24(29,22-14(3)27-15(4)30-22)17-10-11-19-18(12-17)21(25)20(23(26)28-19)16-8-6-5-7-9-16/h8-13,15,21,37H,7,14,16-17H2,1-6H3;1,8-13,15,18,31H,5-7,14H2,2-3H3;1,5-10,12,18,29,31H,11,13-14H2,2-3H3;5-13,29H,1-4H3. The molecule has 5 N–H and O–H groups in total. The molecule has 16 nitrogen and oxygen atoms in total. The molecule has 2 saturated heterocycles. The summed E-state index contributed by atoms with van der Waals surface area (Å²) in [5.41, 5.74) is 5.98. The first-order chi connectivity index (χ1) is 62.7. The summed E-state index contributed by atoms with van der Waals surface area (Å²) < 4.78 is 103. The summed E-state index contributed by atoms with van der Waals surface area (Å²) in [6, 6.07) is 49.9. The van der Waals surface area contributed by atoms with Crippen LogP contribution in [0.4, 0.5) is 31.1 Å². The minimum Gasteiger partial charge on any atom is -0.481 e. The van der Waals surface area contributed by atoms with Crippen LogP contribution in [0.15, 0.2) is 176 Å². The van der Waals surface area contributed by atoms with E-state index in [0.717, 1.165) is 88.8 Å². The van der Waals surface area contributed by atoms with E-state index >= 15 is 0 Å². The molecule has 4 atom stereocenters. The Kier molecular flexibility index (Phi) is 30.0. The van der Waals surface area contributed by atoms with E-state index < -0.39 is 51.9 Å². The molecular formula is C105H104Cl5F6N7O9S. The van der Waals surface area contributed by atoms with Crippen LogP contribution in [0.5, 0.6) is 17.6 Å². The van der Waals surface area contributed by atoms with Crippen LogP contribution in [0.25, 0.3) is 54.7 Å². The molecule has 3 aliphatic rings. The number of nitrogens with one attached hydrogen (secondary N) is 1. The highest BCUT2D eigenvalue weighted by atomic mass is 35.5. The highest BCUT2D eigenvalue weighted by molar-refractivity contribution is 7.11. The number of pyridine rings is 4. The molecule has 0 radical (unpaired) electrons. The summed E-state index contributed by atoms with van der Waals surface area (Å²) in [5, 5.41) is 54.9. The number of terminal acetylenes is 2. The molecule has 1 saturated carbocycles. The number of likely N-dealkylation sites (tertiary alicyclic amines) is 1. The van der Waals surface area contributed by atoms with Crippen LogP contribution in [0, 0.1) is 62.2 Å². The predicted molar refractivity (Wildman–Crippen MR) is 518 cm³/mol. The molecule has 133 heavy (non-hydrogen) atoms. The summed E-state index contributed by atoms with van der Waals surface area (Å²) >= 11 is 35.4. The van der Waals surface area contributed by atoms with Gasteiger partial charge in [0.15, 0.2) is 11.2 Å². The van der Waals surface area contributed by atoms with E-state index in [1.807, 2.05) is 116 Å². The number of hydrogen-bond donors (Lipinski definition) is 5. The van der Waals surface area contributed by atoms with Crippen molar-refractivity contribution in [1.82, 2.24) is 35.1 Å². The van der Waals surface area contributed by atoms with Crippen molar-refractivity contribution in [3.63, 3.8) is 0 Å². The molecule has 13 aromatic rings. The van der Waals surface area contributed by atoms with Gasteiger partial charge >= 0.3 is 6.09 Å². The quantitative estimate of drug-likeness (QED) is 0.0229. The van der Waals surface area contributed by atoms with Crippen molar-refractivity contribution < 1.29 is 70.5 Å². The van der Waals surface area contributed by atoms with Crippen LogP contribution >= 0.6 is 69.3 Å². The van der Waals surface area contributed by atoms with Gasteiger partial charge in [-0.15, -0.1) is 24.2 Å². The third-order valence-electron chi connectivity index (χ3n) is 25.1. The number of benzene rings is 8. The second-order valence-electron chi connectivity index (χ2n) is 35.6. The molecule has 7 heterocycles. The van der Waals surface area contributed by atoms with Crippen LogP contribution < -0.4 is 19.5 Å². The Morgan fingerprint density at radius 2 is 0.872 bits per heavy atom. The van der Waals surface area contributed by atoms with E-state index in [1.54, 1.807) is 83.8 Å². The SMILES string of the molecule is C#CC(O)(c1ccc2nc(OC)c(Cc3ccc(C(C)(F)F)cc3)c(Cl)c2c1)C1CCC1.C#CC(O)(c1ccc2nc(OC)c(Cc3ccc(C(C)(F)F)cc3)c(Cl)c2c1)C1CNC1.CCC(O)(c1ccc2nc(OC)c(Cc3ccc(C(C)(F)F)cc3)c(Cl)c2c1)C1CN(C(=O)OC(C)(C)C)C1.Cc1nc(C)c(C(O)(c2ccc3nc(Cl)c(-c4ccccc4)c(Cl)c3c2)C(C)C)s1. The fourth-order valence-electron chi connectivity index (χ4n) is 17.0. The normalized spacial score (nSPS) is 15.7. The molecule has 16 rings (SSSR count). The number of thiazole rings is 1. The van der Waals surface area contributed by atoms with Crippen molar-refractivity contribution in [3.8, 4) is 53.5 Å². The fraction of sp³-hybridized carbons (Fsp3) is 0.352. The van der Waals surface area contributed by atoms with Gasteiger partial charge in [-0.2, -0.15) is 0 Å². The van der Waals surface area contributed by atoms with E-state index in [9.17, 15) is 51.6 Å². The number of hydrogen-bond acceptors (Lipinski definition) is 16. The van der Waals surface area contributed by atoms with Crippen molar-refractivity contribution >= 4 is 119 Å². The van der Waals surface area contributed by atoms with Crippen LogP contribution in [-0.2, 0) is 64.2 Å². The molecule has 3 fully saturated rings. The van der Waals surface area contributed by atoms with Crippen molar-refractivity contribution in [3.05, 3.63) is 289 Å². The Balaban J connectivity index is 0.000000151. The number of ether oxygens (including phenoxy) is 4. The molecule has 696 valence electrons. The van der Waals surface area contributed by atoms with Crippen molar-refractivity contribution in [2.24, 2.45) is 23.7 Å². The second kappa shape index (κ2) is 39.9. The minimum atomic E-state index is -2.92. The second-order valence-corrected chi connectivity index (χ2v) is 38.7. The summed E-state index contributed by atoms with van der Waals surface area (Å²) in [5.74, 6) is -2.85. The van der Waals surface area contributed by atoms with Gasteiger partial charge in [0.05, 0.1) is 84.7 Å². The number of aromatic nitrogens is 5. The van der Waals surface area contributed by atoms with Gasteiger partial charge in [0.25, 0.3) is 17.8 Å². The van der Waals surface area contributed by atoms with Crippen molar-refractivity contribution in [2.75, 3.05) is 47.5 Å². The molecular weight excluding hydrogens is 1830 g/mol. The number of aliphatic hydroxyl groups is 4. The lowest BCUT2D eigenvalue weighted by atomic mass is 9.70. The van der Waals surface area contributed by atoms with Gasteiger partial charge in [-0.25, -0.2) is 56.1 Å². The minimum absolute atomic E-state index is 0.0182. The summed E-state index contributed by atoms with van der Waals surface area (Å²) in [7, 11) is 4.52. The highest BCUT2D eigenvalue weighted by Gasteiger charge is 2.48. The Hall–Kier alpha value is -10.4. The highest BCUT2D eigenvalue weighted by Crippen LogP contribution is 2.50. The van der Waals surface area contributed by atoms with Gasteiger partial charge in [-0.05, 0) is 153 Å². The van der Waals surface area contributed by atoms with Crippen LogP contribution in [0.1, 0.15) is 176 Å². The zero-order valence-electron chi connectivity index (χ0n) is 76.1. The largest absolute Gasteiger partial charge is 0.481 e. The van der Waals surface area contributed by atoms with E-state index in [1.165, 1.54) is 69.1 Å². The number of methoxy groups -OCH3 is 3. The smallest absolute Gasteiger partial charge is 0.410 e. The van der Waals surface area contributed by atoms with E-state index in [2.05, 4.69) is 42.1 Å². The topological polar surface area (TPSA) is 215 Å². The lowest BCUT2D eigenvalue weighted by molar-refractivity contribution is -0.0945. The lowest BCUT2D eigenvalue weighted by Gasteiger charge is -2.48. The number of halogens is 11. The van der Waals surface area contributed by atoms with Crippen LogP contribution in [0.2, 0.25) is 25.2 Å². The van der Waals surface area contributed by atoms with Crippen molar-refractivity contribution in [2.45, 2.75) is 167 Å². The van der Waals surface area contributed by atoms with E-state index in [0.29, 0.717) is 172 Å². The van der Waals surface area contributed by atoms with Gasteiger partial charge in [0.1, 0.15) is 16.4 Å². The molecule has 1 aliphatic carbocycles. The first kappa shape index (κ1) is 100. The van der Waals surface area contributed by atoms with Gasteiger partial charge in [0, 0.05) is 144 Å². The van der Waals surface area contributed by atoms with Gasteiger partial charge in [-0.1, -0.05) is 224 Å². The van der Waals surface area contributed by atoms with Gasteiger partial charge in [0.2, 0.25) is 17.6 Å². The summed E-state index contributed by atoms with van der Waals surface area (Å²) in [6.07, 6.45) is 15.3. The first-order valence-electron chi connectivity index (χ1n) is 43.5. The summed E-state index contributed by atoms with van der Waals surface area (Å²) in [6.45, 7) is 19.9. The number of carbonyl (C=O) groups excluding carboxylic acids is 1. The van der Waals surface area contributed by atoms with E-state index in [-0.39, 0.29) is 40.4 Å². The number of rotatable bonds is 23. The van der Waals surface area contributed by atoms with Gasteiger partial charge < -0.3 is 49.6 Å². The van der Waals surface area contributed by atoms with Crippen LogP contribution in [-0.4, -0.2) is 109 Å². The first-order valence-corrected chi connectivity index (χ1v) is 46.2. The summed E-state index contributed by atoms with van der Waals surface area (Å²) in [4.78, 5) is 37.7. The maximum Gasteiger partial charge on any atom is 0.410 e. The molecule has 0 bridgehead atoms. The average molecular weight is 1930 g/mol. The molecule has 5 aromatic heterocycles. The monoisotopic (exact) mass is 1930 g/mol. The zero-order chi connectivity index (χ0) is 96.6. The predicted octanol–water partition coefficient (Wildman–Crippen LogP) is 25.1. The fourth-order valence-corrected chi connectivity index (χ4v) is 19.7. The number of fused-ring (bicyclic) bond motifs is 4. The maximum absolute atomic E-state index is 13.6. The van der Waals surface area contributed by atoms with Crippen molar-refractivity contribution in [1.29, 1.82) is 0 Å². The Morgan fingerprint density at radius 3 is 1.21 bits per heavy atom. The third kappa shape index (κ3) is 21.0. The van der Waals surface area contributed by atoms with Gasteiger partial charge in [-0.3, -0.25) is 0 Å². The number of nitrogens with zero attached hydrogens (tertiary/aromatic N) is 6. The molecule has 2 aliphatic heterocycles. The lowest BCUT2D eigenvalue weighted by Crippen LogP contribution is -2.58. The Bertz CT molecular complexity index is 6380. The number of carbonyl (C=O) groups is 1. The number of aryl methyl sites for hydroxylation is 2. The molecule has 4 unspecified atom stereocenters. The number of alkyl halides is 6. The zero-order valence-corrected chi connectivity index (χ0v) is 80.7. The average Bonchev–Trinajstić information content (AvgIpc) is 1.45. The number of amides is 1. The maximum atomic E-state index is 13.6. The Morgan fingerprint density at radius 1 is 0.504 bits per heavy atom. The van der Waals surface area contributed by atoms with E-state index in [4.69, 9.17) is 89.8 Å². The molecule has 8 aromatic carbocycles.